The molecule has 6 nitrogen and oxygen atoms in total. The van der Waals surface area contributed by atoms with Crippen LogP contribution in [0.5, 0.6) is 0 Å². The van der Waals surface area contributed by atoms with Gasteiger partial charge in [0.1, 0.15) is 33.6 Å². The van der Waals surface area contributed by atoms with Gasteiger partial charge < -0.3 is 8.83 Å². The number of benzene rings is 9. The van der Waals surface area contributed by atoms with E-state index in [1.807, 2.05) is 72.8 Å². The highest BCUT2D eigenvalue weighted by molar-refractivity contribution is 6.08. The monoisotopic (exact) mass is 870 g/mol. The molecule has 0 atom stereocenters. The highest BCUT2D eigenvalue weighted by atomic mass is 16.3. The molecule has 0 unspecified atom stereocenters. The maximum absolute atomic E-state index is 6.40. The van der Waals surface area contributed by atoms with E-state index in [0.717, 1.165) is 111 Å². The summed E-state index contributed by atoms with van der Waals surface area (Å²) in [6, 6.07) is 79.7. The van der Waals surface area contributed by atoms with Gasteiger partial charge in [-0.2, -0.15) is 0 Å². The van der Waals surface area contributed by atoms with Crippen molar-refractivity contribution in [3.63, 3.8) is 0 Å². The van der Waals surface area contributed by atoms with E-state index >= 15 is 0 Å². The van der Waals surface area contributed by atoms with Crippen LogP contribution in [0.3, 0.4) is 0 Å². The Bertz CT molecular complexity index is 4030. The summed E-state index contributed by atoms with van der Waals surface area (Å²) in [4.78, 5) is 20.7. The molecule has 0 saturated heterocycles. The van der Waals surface area contributed by atoms with Crippen molar-refractivity contribution in [3.05, 3.63) is 231 Å². The van der Waals surface area contributed by atoms with E-state index in [1.165, 1.54) is 0 Å². The number of para-hydroxylation sites is 2. The van der Waals surface area contributed by atoms with Gasteiger partial charge in [-0.25, -0.2) is 19.9 Å². The van der Waals surface area contributed by atoms with E-state index in [9.17, 15) is 0 Å². The van der Waals surface area contributed by atoms with Gasteiger partial charge in [0.2, 0.25) is 0 Å². The van der Waals surface area contributed by atoms with Crippen LogP contribution in [-0.2, 0) is 0 Å². The number of furan rings is 2. The first kappa shape index (κ1) is 39.1. The smallest absolute Gasteiger partial charge is 0.180 e. The van der Waals surface area contributed by atoms with E-state index in [-0.39, 0.29) is 0 Å². The first-order chi connectivity index (χ1) is 33.7. The molecule has 0 aliphatic carbocycles. The third-order valence-corrected chi connectivity index (χ3v) is 12.7. The molecule has 68 heavy (non-hydrogen) atoms. The summed E-state index contributed by atoms with van der Waals surface area (Å²) in [5.74, 6) is 1.28. The van der Waals surface area contributed by atoms with Gasteiger partial charge in [-0.05, 0) is 105 Å². The number of hydrogen-bond donors (Lipinski definition) is 0. The zero-order valence-electron chi connectivity index (χ0n) is 36.5. The lowest BCUT2D eigenvalue weighted by atomic mass is 9.91. The van der Waals surface area contributed by atoms with Crippen LogP contribution in [0.1, 0.15) is 0 Å². The zero-order valence-corrected chi connectivity index (χ0v) is 36.5. The first-order valence-electron chi connectivity index (χ1n) is 22.7. The Morgan fingerprint density at radius 1 is 0.235 bits per heavy atom. The Hall–Kier alpha value is -9.26. The topological polar surface area (TPSA) is 77.8 Å². The van der Waals surface area contributed by atoms with Crippen LogP contribution in [0, 0.1) is 0 Å². The normalized spacial score (nSPS) is 11.5. The SMILES string of the molecule is c1ccc(-c2cc(-c3cccc(-c4cccc(-c5nc(-c6ccccc6)c6oc7ccccc7c6n5)c4)c3)cc(-c3cccc(-c4nc(-c5ccccc5)c5oc6ccccc6c5n4)c3)c2)cc1. The molecule has 4 aromatic heterocycles. The van der Waals surface area contributed by atoms with Crippen LogP contribution in [0.25, 0.3) is 134 Å². The number of nitrogens with zero attached hydrogens (tertiary/aromatic N) is 4. The Balaban J connectivity index is 0.908. The van der Waals surface area contributed by atoms with Gasteiger partial charge in [0.05, 0.1) is 0 Å². The van der Waals surface area contributed by atoms with Gasteiger partial charge in [0, 0.05) is 33.0 Å². The van der Waals surface area contributed by atoms with Crippen molar-refractivity contribution < 1.29 is 8.83 Å². The van der Waals surface area contributed by atoms with Gasteiger partial charge in [-0.1, -0.05) is 170 Å². The summed E-state index contributed by atoms with van der Waals surface area (Å²) in [6.07, 6.45) is 0. The van der Waals surface area contributed by atoms with Crippen molar-refractivity contribution in [3.8, 4) is 89.8 Å². The summed E-state index contributed by atoms with van der Waals surface area (Å²) >= 11 is 0. The predicted molar refractivity (Wildman–Crippen MR) is 276 cm³/mol. The second-order valence-electron chi connectivity index (χ2n) is 17.0. The lowest BCUT2D eigenvalue weighted by molar-refractivity contribution is 0.667. The average Bonchev–Trinajstić information content (AvgIpc) is 4.00. The van der Waals surface area contributed by atoms with Gasteiger partial charge in [-0.3, -0.25) is 0 Å². The van der Waals surface area contributed by atoms with Crippen LogP contribution >= 0.6 is 0 Å². The maximum atomic E-state index is 6.40. The highest BCUT2D eigenvalue weighted by Gasteiger charge is 2.20. The molecule has 0 aliphatic heterocycles. The van der Waals surface area contributed by atoms with Gasteiger partial charge in [-0.15, -0.1) is 0 Å². The molecule has 6 heteroatoms. The number of hydrogen-bond acceptors (Lipinski definition) is 6. The number of fused-ring (bicyclic) bond motifs is 6. The van der Waals surface area contributed by atoms with Crippen LogP contribution < -0.4 is 0 Å². The predicted octanol–water partition coefficient (Wildman–Crippen LogP) is 16.4. The first-order valence-corrected chi connectivity index (χ1v) is 22.7. The molecule has 9 aromatic carbocycles. The minimum absolute atomic E-state index is 0.638. The molecule has 0 N–H and O–H groups in total. The Labute approximate surface area is 391 Å². The fraction of sp³-hybridized carbons (Fsp3) is 0. The van der Waals surface area contributed by atoms with Crippen molar-refractivity contribution in [2.75, 3.05) is 0 Å². The van der Waals surface area contributed by atoms with Crippen molar-refractivity contribution >= 4 is 44.1 Å². The van der Waals surface area contributed by atoms with E-state index in [0.29, 0.717) is 22.8 Å². The zero-order chi connectivity index (χ0) is 45.0. The molecule has 0 saturated carbocycles. The van der Waals surface area contributed by atoms with Crippen molar-refractivity contribution in [2.45, 2.75) is 0 Å². The molecular weight excluding hydrogens is 833 g/mol. The summed E-state index contributed by atoms with van der Waals surface area (Å²) in [5, 5.41) is 1.93. The minimum Gasteiger partial charge on any atom is -0.452 e. The summed E-state index contributed by atoms with van der Waals surface area (Å²) in [5.41, 5.74) is 18.6. The maximum Gasteiger partial charge on any atom is 0.180 e. The van der Waals surface area contributed by atoms with E-state index in [2.05, 4.69) is 158 Å². The Morgan fingerprint density at radius 3 is 0.985 bits per heavy atom. The molecule has 0 fully saturated rings. The molecule has 4 heterocycles. The van der Waals surface area contributed by atoms with Crippen molar-refractivity contribution in [1.29, 1.82) is 0 Å². The van der Waals surface area contributed by atoms with Crippen LogP contribution in [0.4, 0.5) is 0 Å². The van der Waals surface area contributed by atoms with Crippen molar-refractivity contribution in [2.24, 2.45) is 0 Å². The second-order valence-corrected chi connectivity index (χ2v) is 17.0. The standard InChI is InChI=1S/C62H38N4O2/c1-4-17-39(18-5-1)48-36-49(38-50(37-48)45-26-16-28-47(35-45)62-64-56(41-21-8-3-9-22-41)60-58(66-62)52-30-11-13-32-54(52)68-60)44-25-14-23-42(33-44)43-24-15-27-46(34-43)61-63-55(40-19-6-2-7-20-40)59-57(65-61)51-29-10-12-31-53(51)67-59/h1-38H. The molecule has 0 amide bonds. The molecule has 13 aromatic rings. The van der Waals surface area contributed by atoms with E-state index in [4.69, 9.17) is 28.8 Å². The lowest BCUT2D eigenvalue weighted by Gasteiger charge is -2.13. The molecule has 318 valence electrons. The van der Waals surface area contributed by atoms with Gasteiger partial charge >= 0.3 is 0 Å². The van der Waals surface area contributed by atoms with Gasteiger partial charge in [0.25, 0.3) is 0 Å². The van der Waals surface area contributed by atoms with Crippen LogP contribution in [0.15, 0.2) is 239 Å². The number of rotatable bonds is 8. The number of aromatic nitrogens is 4. The van der Waals surface area contributed by atoms with Crippen LogP contribution in [0.2, 0.25) is 0 Å². The minimum atomic E-state index is 0.638. The largest absolute Gasteiger partial charge is 0.452 e. The summed E-state index contributed by atoms with van der Waals surface area (Å²) < 4.78 is 12.8. The van der Waals surface area contributed by atoms with Crippen molar-refractivity contribution in [1.82, 2.24) is 19.9 Å². The van der Waals surface area contributed by atoms with Gasteiger partial charge in [0.15, 0.2) is 22.8 Å². The van der Waals surface area contributed by atoms with E-state index in [1.54, 1.807) is 0 Å². The Kier molecular flexibility index (Phi) is 9.39. The summed E-state index contributed by atoms with van der Waals surface area (Å²) in [6.45, 7) is 0. The molecule has 0 aliphatic rings. The highest BCUT2D eigenvalue weighted by Crippen LogP contribution is 2.40. The molecular formula is C62H38N4O2. The third-order valence-electron chi connectivity index (χ3n) is 12.7. The fourth-order valence-electron chi connectivity index (χ4n) is 9.34. The fourth-order valence-corrected chi connectivity index (χ4v) is 9.34. The summed E-state index contributed by atoms with van der Waals surface area (Å²) in [7, 11) is 0. The average molecular weight is 871 g/mol. The quantitative estimate of drug-likeness (QED) is 0.151. The lowest BCUT2D eigenvalue weighted by Crippen LogP contribution is -1.94. The molecule has 0 radical (unpaired) electrons. The second kappa shape index (κ2) is 16.3. The molecule has 0 spiro atoms. The molecule has 13 rings (SSSR count). The Morgan fingerprint density at radius 2 is 0.544 bits per heavy atom. The van der Waals surface area contributed by atoms with E-state index < -0.39 is 0 Å². The third kappa shape index (κ3) is 7.00. The van der Waals surface area contributed by atoms with Crippen LogP contribution in [-0.4, -0.2) is 19.9 Å². The molecule has 0 bridgehead atoms.